The van der Waals surface area contributed by atoms with Gasteiger partial charge in [-0.2, -0.15) is 11.8 Å². The Balaban J connectivity index is 0.00000338. The van der Waals surface area contributed by atoms with E-state index in [9.17, 15) is 0 Å². The molecule has 4 nitrogen and oxygen atoms in total. The molecule has 0 radical (unpaired) electrons. The molecule has 1 aliphatic rings. The van der Waals surface area contributed by atoms with Crippen LogP contribution in [-0.2, 0) is 4.74 Å². The molecule has 0 spiro atoms. The molecule has 1 aromatic rings. The molecule has 2 N–H and O–H groups in total. The molecular weight excluding hydrogens is 457 g/mol. The Morgan fingerprint density at radius 3 is 2.69 bits per heavy atom. The lowest BCUT2D eigenvalue weighted by Gasteiger charge is -2.32. The van der Waals surface area contributed by atoms with Crippen molar-refractivity contribution >= 4 is 41.7 Å². The molecule has 6 heteroatoms. The zero-order valence-electron chi connectivity index (χ0n) is 16.3. The highest BCUT2D eigenvalue weighted by Crippen LogP contribution is 2.33. The van der Waals surface area contributed by atoms with Crippen LogP contribution in [0.25, 0.3) is 0 Å². The van der Waals surface area contributed by atoms with Gasteiger partial charge in [-0.25, -0.2) is 0 Å². The minimum Gasteiger partial charge on any atom is -0.373 e. The van der Waals surface area contributed by atoms with E-state index >= 15 is 0 Å². The number of aryl methyl sites for hydroxylation is 1. The zero-order chi connectivity index (χ0) is 17.9. The first-order valence-corrected chi connectivity index (χ1v) is 10.8. The second-order valence-electron chi connectivity index (χ2n) is 6.68. The molecule has 0 amide bonds. The minimum atomic E-state index is 0. The summed E-state index contributed by atoms with van der Waals surface area (Å²) in [6.45, 7) is 4.85. The average molecular weight is 491 g/mol. The number of hydrogen-bond donors (Lipinski definition) is 2. The molecule has 1 aromatic carbocycles. The number of aliphatic imine (C=N–C) groups is 1. The van der Waals surface area contributed by atoms with Crippen molar-refractivity contribution < 1.29 is 4.74 Å². The summed E-state index contributed by atoms with van der Waals surface area (Å²) in [7, 11) is 1.84. The van der Waals surface area contributed by atoms with Crippen molar-refractivity contribution in [3.05, 3.63) is 35.4 Å². The Labute approximate surface area is 180 Å². The van der Waals surface area contributed by atoms with E-state index in [1.165, 1.54) is 36.1 Å². The molecule has 2 rings (SSSR count). The van der Waals surface area contributed by atoms with Crippen LogP contribution >= 0.6 is 35.7 Å². The predicted molar refractivity (Wildman–Crippen MR) is 125 cm³/mol. The lowest BCUT2D eigenvalue weighted by molar-refractivity contribution is -0.0265. The quantitative estimate of drug-likeness (QED) is 0.245. The number of unbranched alkanes of at least 4 members (excludes halogenated alkanes) is 1. The first kappa shape index (κ1) is 23.6. The van der Waals surface area contributed by atoms with Gasteiger partial charge in [-0.1, -0.05) is 29.8 Å². The first-order valence-electron chi connectivity index (χ1n) is 9.36. The summed E-state index contributed by atoms with van der Waals surface area (Å²) in [6, 6.07) is 8.76. The van der Waals surface area contributed by atoms with Crippen molar-refractivity contribution in [2.75, 3.05) is 38.8 Å². The topological polar surface area (TPSA) is 45.7 Å². The third-order valence-corrected chi connectivity index (χ3v) is 5.37. The molecule has 1 aliphatic heterocycles. The lowest BCUT2D eigenvalue weighted by Crippen LogP contribution is -2.42. The van der Waals surface area contributed by atoms with Crippen molar-refractivity contribution in [3.8, 4) is 0 Å². The van der Waals surface area contributed by atoms with E-state index in [1.54, 1.807) is 0 Å². The van der Waals surface area contributed by atoms with Gasteiger partial charge in [0.15, 0.2) is 5.96 Å². The summed E-state index contributed by atoms with van der Waals surface area (Å²) in [6.07, 6.45) is 7.09. The monoisotopic (exact) mass is 491 g/mol. The lowest BCUT2D eigenvalue weighted by atomic mass is 9.89. The van der Waals surface area contributed by atoms with Crippen LogP contribution in [0.15, 0.2) is 29.3 Å². The largest absolute Gasteiger partial charge is 0.373 e. The molecule has 1 saturated heterocycles. The highest BCUT2D eigenvalue weighted by atomic mass is 127. The van der Waals surface area contributed by atoms with E-state index < -0.39 is 0 Å². The number of thioether (sulfide) groups is 1. The Morgan fingerprint density at radius 2 is 2.00 bits per heavy atom. The molecule has 0 aliphatic carbocycles. The maximum Gasteiger partial charge on any atom is 0.190 e. The molecular formula is C20H34IN3OS. The van der Waals surface area contributed by atoms with Gasteiger partial charge >= 0.3 is 0 Å². The summed E-state index contributed by atoms with van der Waals surface area (Å²) in [5.74, 6) is 2.61. The van der Waals surface area contributed by atoms with Gasteiger partial charge in [0, 0.05) is 32.7 Å². The molecule has 0 saturated carbocycles. The van der Waals surface area contributed by atoms with E-state index in [2.05, 4.69) is 53.1 Å². The minimum absolute atomic E-state index is 0. The van der Waals surface area contributed by atoms with Crippen molar-refractivity contribution in [1.29, 1.82) is 0 Å². The van der Waals surface area contributed by atoms with E-state index in [-0.39, 0.29) is 30.1 Å². The number of hydrogen-bond acceptors (Lipinski definition) is 3. The van der Waals surface area contributed by atoms with E-state index in [0.29, 0.717) is 5.92 Å². The second-order valence-corrected chi connectivity index (χ2v) is 7.67. The highest BCUT2D eigenvalue weighted by Gasteiger charge is 2.27. The Bertz CT molecular complexity index is 524. The van der Waals surface area contributed by atoms with Gasteiger partial charge in [0.25, 0.3) is 0 Å². The third-order valence-electron chi connectivity index (χ3n) is 4.67. The SMILES string of the molecule is CN=C(NCCCCSC)NCC1CCCOC1c1ccc(C)cc1.I. The van der Waals surface area contributed by atoms with Crippen LogP contribution in [0.5, 0.6) is 0 Å². The van der Waals surface area contributed by atoms with Crippen molar-refractivity contribution in [2.24, 2.45) is 10.9 Å². The molecule has 0 bridgehead atoms. The van der Waals surface area contributed by atoms with Gasteiger partial charge in [-0.15, -0.1) is 24.0 Å². The van der Waals surface area contributed by atoms with Crippen LogP contribution in [0, 0.1) is 12.8 Å². The molecule has 2 atom stereocenters. The van der Waals surface area contributed by atoms with Gasteiger partial charge in [0.1, 0.15) is 0 Å². The van der Waals surface area contributed by atoms with Gasteiger partial charge < -0.3 is 15.4 Å². The number of nitrogens with zero attached hydrogens (tertiary/aromatic N) is 1. The maximum absolute atomic E-state index is 6.11. The number of halogens is 1. The molecule has 1 fully saturated rings. The van der Waals surface area contributed by atoms with Crippen LogP contribution in [-0.4, -0.2) is 44.7 Å². The van der Waals surface area contributed by atoms with Crippen LogP contribution in [0.2, 0.25) is 0 Å². The van der Waals surface area contributed by atoms with E-state index in [4.69, 9.17) is 4.74 Å². The van der Waals surface area contributed by atoms with Gasteiger partial charge in [0.2, 0.25) is 0 Å². The third kappa shape index (κ3) is 8.05. The van der Waals surface area contributed by atoms with Crippen molar-refractivity contribution in [2.45, 2.75) is 38.7 Å². The fourth-order valence-corrected chi connectivity index (χ4v) is 3.70. The highest BCUT2D eigenvalue weighted by molar-refractivity contribution is 14.0. The van der Waals surface area contributed by atoms with Crippen LogP contribution < -0.4 is 10.6 Å². The summed E-state index contributed by atoms with van der Waals surface area (Å²) in [4.78, 5) is 4.35. The zero-order valence-corrected chi connectivity index (χ0v) is 19.4. The number of benzene rings is 1. The molecule has 1 heterocycles. The normalized spacial score (nSPS) is 20.3. The van der Waals surface area contributed by atoms with Gasteiger partial charge in [0.05, 0.1) is 6.10 Å². The van der Waals surface area contributed by atoms with Crippen LogP contribution in [0.4, 0.5) is 0 Å². The van der Waals surface area contributed by atoms with Crippen molar-refractivity contribution in [3.63, 3.8) is 0 Å². The summed E-state index contributed by atoms with van der Waals surface area (Å²) in [5.41, 5.74) is 2.58. The Hall–Kier alpha value is -0.470. The molecule has 0 aromatic heterocycles. The van der Waals surface area contributed by atoms with Crippen molar-refractivity contribution in [1.82, 2.24) is 10.6 Å². The predicted octanol–water partition coefficient (Wildman–Crippen LogP) is 4.39. The van der Waals surface area contributed by atoms with Gasteiger partial charge in [-0.05, 0) is 50.2 Å². The van der Waals surface area contributed by atoms with Gasteiger partial charge in [-0.3, -0.25) is 4.99 Å². The van der Waals surface area contributed by atoms with Crippen LogP contribution in [0.1, 0.15) is 42.9 Å². The standard InChI is InChI=1S/C20H33N3OS.HI/c1-16-8-10-17(11-9-16)19-18(7-6-13-24-19)15-23-20(21-2)22-12-4-5-14-25-3;/h8-11,18-19H,4-7,12-15H2,1-3H3,(H2,21,22,23);1H. The smallest absolute Gasteiger partial charge is 0.190 e. The Kier molecular flexibility index (Phi) is 12.4. The summed E-state index contributed by atoms with van der Waals surface area (Å²) in [5, 5.41) is 6.91. The van der Waals surface area contributed by atoms with E-state index in [1.807, 2.05) is 18.8 Å². The fourth-order valence-electron chi connectivity index (χ4n) is 3.20. The second kappa shape index (κ2) is 13.7. The Morgan fingerprint density at radius 1 is 1.23 bits per heavy atom. The number of nitrogens with one attached hydrogen (secondary N) is 2. The van der Waals surface area contributed by atoms with E-state index in [0.717, 1.165) is 32.1 Å². The fraction of sp³-hybridized carbons (Fsp3) is 0.650. The first-order chi connectivity index (χ1) is 12.2. The summed E-state index contributed by atoms with van der Waals surface area (Å²) < 4.78 is 6.11. The average Bonchev–Trinajstić information content (AvgIpc) is 2.65. The van der Waals surface area contributed by atoms with Crippen LogP contribution in [0.3, 0.4) is 0 Å². The number of rotatable bonds is 8. The number of guanidine groups is 1. The molecule has 148 valence electrons. The molecule has 26 heavy (non-hydrogen) atoms. The maximum atomic E-state index is 6.11. The molecule has 2 unspecified atom stereocenters. The number of ether oxygens (including phenoxy) is 1. The summed E-state index contributed by atoms with van der Waals surface area (Å²) >= 11 is 1.91.